The number of nitrogens with two attached hydrogens (primary N) is 2. The first-order valence-electron chi connectivity index (χ1n) is 3.81. The lowest BCUT2D eigenvalue weighted by atomic mass is 10.1. The molecule has 0 saturated heterocycles. The lowest BCUT2D eigenvalue weighted by molar-refractivity contribution is -0.112. The summed E-state index contributed by atoms with van der Waals surface area (Å²) in [7, 11) is 0. The van der Waals surface area contributed by atoms with Crippen molar-refractivity contribution in [2.45, 2.75) is 0 Å². The SMILES string of the molecule is NC(=O)C#Cc1cccc(C(N)=O)c1. The average Bonchev–Trinajstić information content (AvgIpc) is 2.15. The minimum Gasteiger partial charge on any atom is -0.366 e. The zero-order valence-electron chi connectivity index (χ0n) is 7.28. The monoisotopic (exact) mass is 188 g/mol. The Labute approximate surface area is 80.9 Å². The van der Waals surface area contributed by atoms with Gasteiger partial charge in [-0.05, 0) is 24.1 Å². The van der Waals surface area contributed by atoms with E-state index in [1.54, 1.807) is 18.2 Å². The van der Waals surface area contributed by atoms with Crippen LogP contribution in [0.5, 0.6) is 0 Å². The predicted molar refractivity (Wildman–Crippen MR) is 51.0 cm³/mol. The first kappa shape index (κ1) is 9.81. The van der Waals surface area contributed by atoms with E-state index in [1.165, 1.54) is 6.07 Å². The molecule has 0 spiro atoms. The fourth-order valence-corrected chi connectivity index (χ4v) is 0.884. The van der Waals surface area contributed by atoms with Crippen molar-refractivity contribution in [1.82, 2.24) is 0 Å². The number of benzene rings is 1. The van der Waals surface area contributed by atoms with E-state index >= 15 is 0 Å². The van der Waals surface area contributed by atoms with E-state index in [0.717, 1.165) is 0 Å². The van der Waals surface area contributed by atoms with Crippen LogP contribution in [-0.4, -0.2) is 11.8 Å². The van der Waals surface area contributed by atoms with Crippen LogP contribution in [0, 0.1) is 11.8 Å². The fraction of sp³-hybridized carbons (Fsp3) is 0. The Bertz CT molecular complexity index is 441. The molecule has 2 amide bonds. The highest BCUT2D eigenvalue weighted by atomic mass is 16.1. The fourth-order valence-electron chi connectivity index (χ4n) is 0.884. The molecule has 0 saturated carbocycles. The van der Waals surface area contributed by atoms with Crippen LogP contribution in [0.3, 0.4) is 0 Å². The van der Waals surface area contributed by atoms with Crippen LogP contribution in [0.25, 0.3) is 0 Å². The molecule has 0 radical (unpaired) electrons. The van der Waals surface area contributed by atoms with Crippen molar-refractivity contribution in [3.63, 3.8) is 0 Å². The van der Waals surface area contributed by atoms with Crippen LogP contribution in [-0.2, 0) is 4.79 Å². The molecule has 0 fully saturated rings. The molecule has 0 unspecified atom stereocenters. The molecule has 1 aromatic carbocycles. The van der Waals surface area contributed by atoms with Gasteiger partial charge in [0.2, 0.25) is 5.91 Å². The third kappa shape index (κ3) is 2.64. The van der Waals surface area contributed by atoms with Crippen LogP contribution in [0.2, 0.25) is 0 Å². The molecule has 0 heterocycles. The summed E-state index contributed by atoms with van der Waals surface area (Å²) in [5, 5.41) is 0. The number of carbonyl (C=O) groups excluding carboxylic acids is 2. The Hall–Kier alpha value is -2.28. The van der Waals surface area contributed by atoms with Crippen molar-refractivity contribution in [2.24, 2.45) is 11.5 Å². The van der Waals surface area contributed by atoms with Gasteiger partial charge in [0.05, 0.1) is 0 Å². The van der Waals surface area contributed by atoms with E-state index in [0.29, 0.717) is 11.1 Å². The Morgan fingerprint density at radius 3 is 2.50 bits per heavy atom. The Balaban J connectivity index is 3.02. The van der Waals surface area contributed by atoms with Gasteiger partial charge in [-0.1, -0.05) is 12.0 Å². The molecule has 0 bridgehead atoms. The van der Waals surface area contributed by atoms with E-state index in [9.17, 15) is 9.59 Å². The number of hydrogen-bond donors (Lipinski definition) is 2. The minimum atomic E-state index is -0.713. The number of hydrogen-bond acceptors (Lipinski definition) is 2. The molecule has 0 aromatic heterocycles. The van der Waals surface area contributed by atoms with Gasteiger partial charge in [0.25, 0.3) is 5.91 Å². The van der Waals surface area contributed by atoms with Crippen molar-refractivity contribution in [2.75, 3.05) is 0 Å². The molecule has 1 rings (SSSR count). The molecule has 4 heteroatoms. The van der Waals surface area contributed by atoms with Gasteiger partial charge in [-0.2, -0.15) is 0 Å². The summed E-state index contributed by atoms with van der Waals surface area (Å²) in [5.41, 5.74) is 10.8. The van der Waals surface area contributed by atoms with Crippen molar-refractivity contribution >= 4 is 11.8 Å². The summed E-state index contributed by atoms with van der Waals surface area (Å²) in [6, 6.07) is 6.35. The lowest BCUT2D eigenvalue weighted by Crippen LogP contribution is -2.10. The Morgan fingerprint density at radius 1 is 1.21 bits per heavy atom. The van der Waals surface area contributed by atoms with E-state index in [1.807, 2.05) is 0 Å². The maximum Gasteiger partial charge on any atom is 0.293 e. The smallest absolute Gasteiger partial charge is 0.293 e. The van der Waals surface area contributed by atoms with Gasteiger partial charge < -0.3 is 11.5 Å². The maximum absolute atomic E-state index is 10.8. The zero-order chi connectivity index (χ0) is 10.6. The molecular weight excluding hydrogens is 180 g/mol. The largest absolute Gasteiger partial charge is 0.366 e. The van der Waals surface area contributed by atoms with Crippen molar-refractivity contribution in [3.8, 4) is 11.8 Å². The third-order valence-corrected chi connectivity index (χ3v) is 1.48. The molecule has 70 valence electrons. The average molecular weight is 188 g/mol. The summed E-state index contributed by atoms with van der Waals surface area (Å²) in [5.74, 6) is 3.42. The molecule has 0 aliphatic carbocycles. The van der Waals surface area contributed by atoms with Gasteiger partial charge in [-0.25, -0.2) is 0 Å². The van der Waals surface area contributed by atoms with E-state index in [4.69, 9.17) is 11.5 Å². The van der Waals surface area contributed by atoms with Gasteiger partial charge in [0.1, 0.15) is 0 Å². The van der Waals surface area contributed by atoms with Gasteiger partial charge in [0, 0.05) is 11.1 Å². The maximum atomic E-state index is 10.8. The van der Waals surface area contributed by atoms with Gasteiger partial charge in [0.15, 0.2) is 0 Å². The highest BCUT2D eigenvalue weighted by Gasteiger charge is 1.98. The zero-order valence-corrected chi connectivity index (χ0v) is 7.28. The molecule has 0 aliphatic heterocycles. The molecular formula is C10H8N2O2. The topological polar surface area (TPSA) is 86.2 Å². The van der Waals surface area contributed by atoms with Gasteiger partial charge in [-0.3, -0.25) is 9.59 Å². The van der Waals surface area contributed by atoms with Crippen LogP contribution < -0.4 is 11.5 Å². The van der Waals surface area contributed by atoms with Crippen LogP contribution >= 0.6 is 0 Å². The second-order valence-corrected chi connectivity index (χ2v) is 2.56. The number of primary amides is 2. The molecule has 14 heavy (non-hydrogen) atoms. The Morgan fingerprint density at radius 2 is 1.93 bits per heavy atom. The van der Waals surface area contributed by atoms with E-state index in [-0.39, 0.29) is 0 Å². The molecule has 0 aliphatic rings. The van der Waals surface area contributed by atoms with Crippen LogP contribution in [0.15, 0.2) is 24.3 Å². The Kier molecular flexibility index (Phi) is 2.87. The molecule has 4 N–H and O–H groups in total. The summed E-state index contributed by atoms with van der Waals surface area (Å²) < 4.78 is 0. The minimum absolute atomic E-state index is 0.348. The highest BCUT2D eigenvalue weighted by Crippen LogP contribution is 2.02. The van der Waals surface area contributed by atoms with Crippen LogP contribution in [0.1, 0.15) is 15.9 Å². The second-order valence-electron chi connectivity index (χ2n) is 2.56. The lowest BCUT2D eigenvalue weighted by Gasteiger charge is -1.94. The highest BCUT2D eigenvalue weighted by molar-refractivity contribution is 5.94. The quantitative estimate of drug-likeness (QED) is 0.589. The van der Waals surface area contributed by atoms with E-state index < -0.39 is 11.8 Å². The first-order valence-corrected chi connectivity index (χ1v) is 3.81. The van der Waals surface area contributed by atoms with Crippen LogP contribution in [0.4, 0.5) is 0 Å². The number of carbonyl (C=O) groups is 2. The standard InChI is InChI=1S/C10H8N2O2/c11-9(13)5-4-7-2-1-3-8(6-7)10(12)14/h1-3,6H,(H2,11,13)(H2,12,14). The normalized spacial score (nSPS) is 8.57. The van der Waals surface area contributed by atoms with Crippen molar-refractivity contribution in [3.05, 3.63) is 35.4 Å². The number of rotatable bonds is 1. The first-order chi connectivity index (χ1) is 6.59. The predicted octanol–water partition coefficient (Wildman–Crippen LogP) is -0.378. The molecule has 4 nitrogen and oxygen atoms in total. The second kappa shape index (κ2) is 4.10. The van der Waals surface area contributed by atoms with Crippen molar-refractivity contribution in [1.29, 1.82) is 0 Å². The summed E-state index contributed by atoms with van der Waals surface area (Å²) in [4.78, 5) is 21.1. The summed E-state index contributed by atoms with van der Waals surface area (Å²) in [6.45, 7) is 0. The molecule has 0 atom stereocenters. The van der Waals surface area contributed by atoms with Gasteiger partial charge in [-0.15, -0.1) is 0 Å². The summed E-state index contributed by atoms with van der Waals surface area (Å²) >= 11 is 0. The number of amides is 2. The van der Waals surface area contributed by atoms with Gasteiger partial charge >= 0.3 is 0 Å². The third-order valence-electron chi connectivity index (χ3n) is 1.48. The van der Waals surface area contributed by atoms with Crippen molar-refractivity contribution < 1.29 is 9.59 Å². The molecule has 1 aromatic rings. The van der Waals surface area contributed by atoms with E-state index in [2.05, 4.69) is 11.8 Å². The summed E-state index contributed by atoms with van der Waals surface area (Å²) in [6.07, 6.45) is 0.